The average Bonchev–Trinajstić information content (AvgIpc) is 2.43. The summed E-state index contributed by atoms with van der Waals surface area (Å²) in [5, 5.41) is 3.90. The fourth-order valence-corrected chi connectivity index (χ4v) is 3.15. The Morgan fingerprint density at radius 2 is 1.82 bits per heavy atom. The largest absolute Gasteiger partial charge is 0.314 e. The topological polar surface area (TPSA) is 15.3 Å². The number of aryl methyl sites for hydroxylation is 1. The van der Waals surface area contributed by atoms with Crippen LogP contribution in [0.2, 0.25) is 5.02 Å². The van der Waals surface area contributed by atoms with E-state index in [4.69, 9.17) is 11.6 Å². The minimum Gasteiger partial charge on any atom is -0.314 e. The number of nitrogens with one attached hydrogen (secondary N) is 1. The molecule has 1 saturated heterocycles. The highest BCUT2D eigenvalue weighted by Gasteiger charge is 2.28. The van der Waals surface area contributed by atoms with E-state index in [9.17, 15) is 4.39 Å². The van der Waals surface area contributed by atoms with Crippen molar-refractivity contribution >= 4 is 36.4 Å². The van der Waals surface area contributed by atoms with Crippen LogP contribution in [0.5, 0.6) is 0 Å². The molecular formula is C16H26Cl3FN2. The Bertz CT molecular complexity index is 463. The predicted molar refractivity (Wildman–Crippen MR) is 97.3 cm³/mol. The molecule has 1 aromatic carbocycles. The normalized spacial score (nSPS) is 16.8. The lowest BCUT2D eigenvalue weighted by molar-refractivity contribution is 0.151. The molecule has 0 aromatic heterocycles. The number of halogens is 4. The van der Waals surface area contributed by atoms with Crippen LogP contribution in [0.15, 0.2) is 12.1 Å². The lowest BCUT2D eigenvalue weighted by atomic mass is 9.93. The second-order valence-electron chi connectivity index (χ2n) is 6.02. The summed E-state index contributed by atoms with van der Waals surface area (Å²) in [5.41, 5.74) is 1.36. The Morgan fingerprint density at radius 3 is 2.36 bits per heavy atom. The number of nitrogens with zero attached hydrogens (tertiary/aromatic N) is 1. The summed E-state index contributed by atoms with van der Waals surface area (Å²) in [6.07, 6.45) is 0.931. The van der Waals surface area contributed by atoms with E-state index in [0.29, 0.717) is 22.1 Å². The van der Waals surface area contributed by atoms with Crippen molar-refractivity contribution in [3.63, 3.8) is 0 Å². The first-order valence-electron chi connectivity index (χ1n) is 7.40. The Hall–Kier alpha value is -0.0600. The van der Waals surface area contributed by atoms with Crippen LogP contribution < -0.4 is 5.32 Å². The molecule has 0 aliphatic carbocycles. The maximum atomic E-state index is 14.6. The van der Waals surface area contributed by atoms with Gasteiger partial charge in [-0.15, -0.1) is 24.8 Å². The van der Waals surface area contributed by atoms with Gasteiger partial charge in [-0.05, 0) is 30.9 Å². The predicted octanol–water partition coefficient (Wildman–Crippen LogP) is 4.62. The molecule has 1 atom stereocenters. The van der Waals surface area contributed by atoms with Crippen molar-refractivity contribution in [1.29, 1.82) is 0 Å². The molecule has 0 unspecified atom stereocenters. The molecule has 0 saturated carbocycles. The smallest absolute Gasteiger partial charge is 0.132 e. The van der Waals surface area contributed by atoms with E-state index >= 15 is 0 Å². The van der Waals surface area contributed by atoms with Gasteiger partial charge in [0, 0.05) is 42.8 Å². The van der Waals surface area contributed by atoms with Crippen LogP contribution in [0.1, 0.15) is 37.4 Å². The summed E-state index contributed by atoms with van der Waals surface area (Å²) >= 11 is 6.32. The van der Waals surface area contributed by atoms with Gasteiger partial charge in [0.1, 0.15) is 5.82 Å². The number of rotatable bonds is 4. The molecule has 22 heavy (non-hydrogen) atoms. The lowest BCUT2D eigenvalue weighted by Crippen LogP contribution is -2.45. The fraction of sp³-hybridized carbons (Fsp3) is 0.625. The molecule has 1 heterocycles. The Balaban J connectivity index is 0.00000220. The minimum atomic E-state index is -0.137. The molecular weight excluding hydrogens is 346 g/mol. The zero-order chi connectivity index (χ0) is 14.7. The minimum absolute atomic E-state index is 0. The van der Waals surface area contributed by atoms with Crippen molar-refractivity contribution in [1.82, 2.24) is 10.2 Å². The van der Waals surface area contributed by atoms with Gasteiger partial charge < -0.3 is 5.32 Å². The number of hydrogen-bond acceptors (Lipinski definition) is 2. The molecule has 1 fully saturated rings. The molecule has 1 aliphatic rings. The van der Waals surface area contributed by atoms with Crippen molar-refractivity contribution in [2.75, 3.05) is 26.2 Å². The van der Waals surface area contributed by atoms with Gasteiger partial charge in [0.25, 0.3) is 0 Å². The first kappa shape index (κ1) is 21.9. The van der Waals surface area contributed by atoms with Crippen LogP contribution in [-0.2, 0) is 0 Å². The van der Waals surface area contributed by atoms with Crippen molar-refractivity contribution in [2.24, 2.45) is 5.92 Å². The van der Waals surface area contributed by atoms with E-state index in [-0.39, 0.29) is 36.7 Å². The van der Waals surface area contributed by atoms with Gasteiger partial charge in [-0.3, -0.25) is 4.90 Å². The van der Waals surface area contributed by atoms with Gasteiger partial charge in [-0.1, -0.05) is 31.5 Å². The molecule has 0 spiro atoms. The van der Waals surface area contributed by atoms with Crippen LogP contribution in [-0.4, -0.2) is 31.1 Å². The molecule has 128 valence electrons. The maximum absolute atomic E-state index is 14.6. The summed E-state index contributed by atoms with van der Waals surface area (Å²) in [5.74, 6) is 0.368. The van der Waals surface area contributed by atoms with Crippen molar-refractivity contribution in [2.45, 2.75) is 33.2 Å². The summed E-state index contributed by atoms with van der Waals surface area (Å²) in [6.45, 7) is 9.97. The second kappa shape index (κ2) is 9.94. The molecule has 6 heteroatoms. The maximum Gasteiger partial charge on any atom is 0.132 e. The monoisotopic (exact) mass is 370 g/mol. The van der Waals surface area contributed by atoms with Crippen LogP contribution in [0, 0.1) is 18.7 Å². The van der Waals surface area contributed by atoms with Crippen LogP contribution in [0.3, 0.4) is 0 Å². The quantitative estimate of drug-likeness (QED) is 0.830. The number of benzene rings is 1. The number of piperazine rings is 1. The first-order valence-corrected chi connectivity index (χ1v) is 7.77. The van der Waals surface area contributed by atoms with Crippen molar-refractivity contribution in [3.8, 4) is 0 Å². The fourth-order valence-electron chi connectivity index (χ4n) is 2.87. The molecule has 1 aromatic rings. The molecule has 1 N–H and O–H groups in total. The van der Waals surface area contributed by atoms with E-state index < -0.39 is 0 Å². The molecule has 0 bridgehead atoms. The SMILES string of the molecule is Cc1ccc(Cl)c([C@H](CC(C)C)N2CCNCC2)c1F.Cl.Cl. The third kappa shape index (κ3) is 5.24. The summed E-state index contributed by atoms with van der Waals surface area (Å²) in [6, 6.07) is 3.65. The van der Waals surface area contributed by atoms with Crippen LogP contribution in [0.4, 0.5) is 4.39 Å². The Morgan fingerprint density at radius 1 is 1.23 bits per heavy atom. The first-order chi connectivity index (χ1) is 9.50. The van der Waals surface area contributed by atoms with Crippen molar-refractivity contribution in [3.05, 3.63) is 34.1 Å². The Kier molecular flexibility index (Phi) is 9.91. The molecule has 1 aliphatic heterocycles. The van der Waals surface area contributed by atoms with E-state index in [2.05, 4.69) is 24.1 Å². The molecule has 0 radical (unpaired) electrons. The molecule has 2 rings (SSSR count). The third-order valence-corrected chi connectivity index (χ3v) is 4.27. The summed E-state index contributed by atoms with van der Waals surface area (Å²) in [7, 11) is 0. The highest BCUT2D eigenvalue weighted by Crippen LogP contribution is 2.35. The van der Waals surface area contributed by atoms with E-state index in [1.165, 1.54) is 0 Å². The molecule has 0 amide bonds. The lowest BCUT2D eigenvalue weighted by Gasteiger charge is -2.36. The standard InChI is InChI=1S/C16H24ClFN2.2ClH/c1-11(2)10-14(20-8-6-19-7-9-20)15-13(17)5-4-12(3)16(15)18;;/h4-5,11,14,19H,6-10H2,1-3H3;2*1H/t14-;;/m0../s1. The average molecular weight is 372 g/mol. The summed E-state index contributed by atoms with van der Waals surface area (Å²) in [4.78, 5) is 2.36. The Labute approximate surface area is 150 Å². The van der Waals surface area contributed by atoms with E-state index in [1.54, 1.807) is 13.0 Å². The zero-order valence-corrected chi connectivity index (χ0v) is 15.8. The third-order valence-electron chi connectivity index (χ3n) is 3.94. The van der Waals surface area contributed by atoms with Gasteiger partial charge in [-0.25, -0.2) is 4.39 Å². The van der Waals surface area contributed by atoms with Crippen LogP contribution >= 0.6 is 36.4 Å². The van der Waals surface area contributed by atoms with Gasteiger partial charge in [-0.2, -0.15) is 0 Å². The van der Waals surface area contributed by atoms with Gasteiger partial charge in [0.05, 0.1) is 0 Å². The molecule has 2 nitrogen and oxygen atoms in total. The van der Waals surface area contributed by atoms with Crippen LogP contribution in [0.25, 0.3) is 0 Å². The number of hydrogen-bond donors (Lipinski definition) is 1. The van der Waals surface area contributed by atoms with E-state index in [0.717, 1.165) is 32.6 Å². The highest BCUT2D eigenvalue weighted by molar-refractivity contribution is 6.31. The second-order valence-corrected chi connectivity index (χ2v) is 6.43. The summed E-state index contributed by atoms with van der Waals surface area (Å²) < 4.78 is 14.6. The van der Waals surface area contributed by atoms with Gasteiger partial charge in [0.15, 0.2) is 0 Å². The highest BCUT2D eigenvalue weighted by atomic mass is 35.5. The van der Waals surface area contributed by atoms with Crippen molar-refractivity contribution < 1.29 is 4.39 Å². The van der Waals surface area contributed by atoms with E-state index in [1.807, 2.05) is 6.07 Å². The van der Waals surface area contributed by atoms with Gasteiger partial charge >= 0.3 is 0 Å². The zero-order valence-electron chi connectivity index (χ0n) is 13.4. The van der Waals surface area contributed by atoms with Gasteiger partial charge in [0.2, 0.25) is 0 Å².